The van der Waals surface area contributed by atoms with E-state index in [1.54, 1.807) is 6.26 Å². The normalized spacial score (nSPS) is 18.9. The van der Waals surface area contributed by atoms with E-state index >= 15 is 0 Å². The van der Waals surface area contributed by atoms with Gasteiger partial charge in [0.1, 0.15) is 5.76 Å². The van der Waals surface area contributed by atoms with Gasteiger partial charge in [-0.1, -0.05) is 19.8 Å². The summed E-state index contributed by atoms with van der Waals surface area (Å²) in [7, 11) is 0. The Labute approximate surface area is 137 Å². The molecule has 0 bridgehead atoms. The summed E-state index contributed by atoms with van der Waals surface area (Å²) in [5.74, 6) is 0.965. The zero-order chi connectivity index (χ0) is 16.2. The number of nitrogens with zero attached hydrogens (tertiary/aromatic N) is 3. The first-order chi connectivity index (χ1) is 11.2. The minimum atomic E-state index is 0.0360. The molecule has 23 heavy (non-hydrogen) atoms. The van der Waals surface area contributed by atoms with Gasteiger partial charge >= 0.3 is 0 Å². The quantitative estimate of drug-likeness (QED) is 0.858. The Morgan fingerprint density at radius 2 is 2.26 bits per heavy atom. The molecule has 3 rings (SSSR count). The highest BCUT2D eigenvalue weighted by atomic mass is 16.3. The number of hydrogen-bond acceptors (Lipinski definition) is 3. The van der Waals surface area contributed by atoms with Crippen molar-refractivity contribution in [3.05, 3.63) is 41.6 Å². The average molecular weight is 315 g/mol. The predicted molar refractivity (Wildman–Crippen MR) is 88.2 cm³/mol. The van der Waals surface area contributed by atoms with Gasteiger partial charge in [-0.3, -0.25) is 9.48 Å². The van der Waals surface area contributed by atoms with Crippen LogP contribution in [0.3, 0.4) is 0 Å². The fourth-order valence-corrected chi connectivity index (χ4v) is 3.35. The highest BCUT2D eigenvalue weighted by Crippen LogP contribution is 2.32. The molecule has 5 nitrogen and oxygen atoms in total. The maximum atomic E-state index is 13.1. The second-order valence-electron chi connectivity index (χ2n) is 6.27. The molecule has 0 radical (unpaired) electrons. The zero-order valence-electron chi connectivity index (χ0n) is 14.0. The van der Waals surface area contributed by atoms with E-state index in [4.69, 9.17) is 4.42 Å². The van der Waals surface area contributed by atoms with Gasteiger partial charge in [0.05, 0.1) is 23.6 Å². The Hall–Kier alpha value is -2.04. The van der Waals surface area contributed by atoms with Gasteiger partial charge in [0, 0.05) is 19.3 Å². The molecular formula is C18H25N3O2. The van der Waals surface area contributed by atoms with Crippen LogP contribution in [0.25, 0.3) is 0 Å². The Balaban J connectivity index is 1.88. The first-order valence-electron chi connectivity index (χ1n) is 8.59. The lowest BCUT2D eigenvalue weighted by molar-refractivity contribution is 0.0657. The topological polar surface area (TPSA) is 51.3 Å². The third-order valence-corrected chi connectivity index (χ3v) is 4.51. The van der Waals surface area contributed by atoms with E-state index in [2.05, 4.69) is 12.0 Å². The Bertz CT molecular complexity index is 645. The van der Waals surface area contributed by atoms with E-state index in [9.17, 15) is 4.79 Å². The van der Waals surface area contributed by atoms with Crippen molar-refractivity contribution in [2.45, 2.75) is 58.5 Å². The smallest absolute Gasteiger partial charge is 0.257 e. The summed E-state index contributed by atoms with van der Waals surface area (Å²) >= 11 is 0. The molecule has 5 heteroatoms. The number of amides is 1. The van der Waals surface area contributed by atoms with Crippen LogP contribution in [0.1, 0.15) is 66.9 Å². The van der Waals surface area contributed by atoms with Crippen molar-refractivity contribution in [1.82, 2.24) is 14.7 Å². The Morgan fingerprint density at radius 1 is 1.39 bits per heavy atom. The van der Waals surface area contributed by atoms with Gasteiger partial charge in [0.15, 0.2) is 0 Å². The predicted octanol–water partition coefficient (Wildman–Crippen LogP) is 3.95. The van der Waals surface area contributed by atoms with E-state index in [1.807, 2.05) is 34.8 Å². The number of hydrogen-bond donors (Lipinski definition) is 0. The summed E-state index contributed by atoms with van der Waals surface area (Å²) < 4.78 is 7.48. The summed E-state index contributed by atoms with van der Waals surface area (Å²) in [6.07, 6.45) is 8.89. The van der Waals surface area contributed by atoms with E-state index in [-0.39, 0.29) is 11.9 Å². The Kier molecular flexibility index (Phi) is 4.84. The second-order valence-corrected chi connectivity index (χ2v) is 6.27. The molecule has 0 aromatic carbocycles. The molecule has 2 aromatic rings. The molecule has 1 aliphatic heterocycles. The van der Waals surface area contributed by atoms with Crippen molar-refractivity contribution in [2.24, 2.45) is 0 Å². The molecule has 1 amide bonds. The molecule has 124 valence electrons. The van der Waals surface area contributed by atoms with Crippen molar-refractivity contribution < 1.29 is 9.21 Å². The maximum Gasteiger partial charge on any atom is 0.257 e. The first-order valence-corrected chi connectivity index (χ1v) is 8.59. The molecule has 0 aliphatic carbocycles. The maximum absolute atomic E-state index is 13.1. The van der Waals surface area contributed by atoms with Crippen molar-refractivity contribution >= 4 is 5.91 Å². The van der Waals surface area contributed by atoms with Crippen LogP contribution in [0.5, 0.6) is 0 Å². The number of aryl methyl sites for hydroxylation is 2. The summed E-state index contributed by atoms with van der Waals surface area (Å²) in [4.78, 5) is 15.1. The minimum absolute atomic E-state index is 0.0360. The lowest BCUT2D eigenvalue weighted by atomic mass is 10.1. The summed E-state index contributed by atoms with van der Waals surface area (Å²) in [5.41, 5.74) is 1.53. The average Bonchev–Trinajstić information content (AvgIpc) is 3.11. The fraction of sp³-hybridized carbons (Fsp3) is 0.556. The summed E-state index contributed by atoms with van der Waals surface area (Å²) in [5, 5.41) is 4.47. The van der Waals surface area contributed by atoms with Crippen molar-refractivity contribution in [2.75, 3.05) is 6.54 Å². The molecular weight excluding hydrogens is 290 g/mol. The van der Waals surface area contributed by atoms with E-state index in [1.165, 1.54) is 0 Å². The highest BCUT2D eigenvalue weighted by molar-refractivity contribution is 5.95. The molecule has 0 spiro atoms. The standard InChI is InChI=1S/C18H25N3O2/c1-3-10-20-13-15(14(2)19-20)18(22)21-11-6-4-5-8-16(21)17-9-7-12-23-17/h7,9,12-13,16H,3-6,8,10-11H2,1-2H3. The summed E-state index contributed by atoms with van der Waals surface area (Å²) in [6.45, 7) is 5.65. The van der Waals surface area contributed by atoms with Gasteiger partial charge in [-0.2, -0.15) is 5.10 Å². The van der Waals surface area contributed by atoms with Crippen LogP contribution in [-0.2, 0) is 6.54 Å². The number of likely N-dealkylation sites (tertiary alicyclic amines) is 1. The van der Waals surface area contributed by atoms with Crippen LogP contribution in [0.15, 0.2) is 29.0 Å². The molecule has 1 atom stereocenters. The minimum Gasteiger partial charge on any atom is -0.467 e. The van der Waals surface area contributed by atoms with Gasteiger partial charge < -0.3 is 9.32 Å². The largest absolute Gasteiger partial charge is 0.467 e. The van der Waals surface area contributed by atoms with E-state index < -0.39 is 0 Å². The van der Waals surface area contributed by atoms with Crippen molar-refractivity contribution in [3.8, 4) is 0 Å². The molecule has 0 saturated carbocycles. The van der Waals surface area contributed by atoms with Crippen LogP contribution in [0.2, 0.25) is 0 Å². The van der Waals surface area contributed by atoms with Crippen LogP contribution in [0, 0.1) is 6.92 Å². The monoisotopic (exact) mass is 315 g/mol. The lowest BCUT2D eigenvalue weighted by Gasteiger charge is -2.28. The van der Waals surface area contributed by atoms with Crippen LogP contribution in [0.4, 0.5) is 0 Å². The van der Waals surface area contributed by atoms with Gasteiger partial charge in [-0.25, -0.2) is 0 Å². The second kappa shape index (κ2) is 7.02. The van der Waals surface area contributed by atoms with Crippen molar-refractivity contribution in [1.29, 1.82) is 0 Å². The SMILES string of the molecule is CCCn1cc(C(=O)N2CCCCCC2c2ccco2)c(C)n1. The van der Waals surface area contributed by atoms with Gasteiger partial charge in [-0.15, -0.1) is 0 Å². The van der Waals surface area contributed by atoms with Crippen LogP contribution >= 0.6 is 0 Å². The zero-order valence-corrected chi connectivity index (χ0v) is 14.0. The number of aromatic nitrogens is 2. The van der Waals surface area contributed by atoms with Gasteiger partial charge in [-0.05, 0) is 38.3 Å². The van der Waals surface area contributed by atoms with Crippen LogP contribution < -0.4 is 0 Å². The molecule has 0 N–H and O–H groups in total. The summed E-state index contributed by atoms with van der Waals surface area (Å²) in [6, 6.07) is 3.91. The number of furan rings is 1. The number of carbonyl (C=O) groups is 1. The fourth-order valence-electron chi connectivity index (χ4n) is 3.35. The first kappa shape index (κ1) is 15.8. The lowest BCUT2D eigenvalue weighted by Crippen LogP contribution is -2.34. The third kappa shape index (κ3) is 3.33. The van der Waals surface area contributed by atoms with E-state index in [0.717, 1.165) is 62.2 Å². The van der Waals surface area contributed by atoms with E-state index in [0.29, 0.717) is 0 Å². The molecule has 2 aromatic heterocycles. The third-order valence-electron chi connectivity index (χ3n) is 4.51. The Morgan fingerprint density at radius 3 is 3.00 bits per heavy atom. The highest BCUT2D eigenvalue weighted by Gasteiger charge is 2.30. The molecule has 1 aliphatic rings. The molecule has 1 unspecified atom stereocenters. The van der Waals surface area contributed by atoms with Crippen LogP contribution in [-0.4, -0.2) is 27.1 Å². The van der Waals surface area contributed by atoms with Crippen molar-refractivity contribution in [3.63, 3.8) is 0 Å². The molecule has 1 fully saturated rings. The number of carbonyl (C=O) groups excluding carboxylic acids is 1. The molecule has 3 heterocycles. The number of rotatable bonds is 4. The van der Waals surface area contributed by atoms with Gasteiger partial charge in [0.2, 0.25) is 0 Å². The molecule has 1 saturated heterocycles. The van der Waals surface area contributed by atoms with Gasteiger partial charge in [0.25, 0.3) is 5.91 Å².